The lowest BCUT2D eigenvalue weighted by molar-refractivity contribution is -0.125. The average Bonchev–Trinajstić information content (AvgIpc) is 2.44. The minimum atomic E-state index is -1.03. The fourth-order valence-electron chi connectivity index (χ4n) is 1.51. The highest BCUT2D eigenvalue weighted by Crippen LogP contribution is 2.37. The lowest BCUT2D eigenvalue weighted by atomic mass is 10.2. The molecular weight excluding hydrogens is 310 g/mol. The Kier molecular flexibility index (Phi) is 6.49. The molecule has 22 heavy (non-hydrogen) atoms. The van der Waals surface area contributed by atoms with Gasteiger partial charge in [0, 0.05) is 0 Å². The minimum absolute atomic E-state index is 0.145. The SMILES string of the molecule is COc1cc(C(=O)O[C@H](C)C(N)=O)cc(Cl)c1OCC(C)C. The maximum absolute atomic E-state index is 12.0. The van der Waals surface area contributed by atoms with Crippen LogP contribution in [0.15, 0.2) is 12.1 Å². The summed E-state index contributed by atoms with van der Waals surface area (Å²) >= 11 is 6.14. The summed E-state index contributed by atoms with van der Waals surface area (Å²) < 4.78 is 15.7. The van der Waals surface area contributed by atoms with Crippen molar-refractivity contribution < 1.29 is 23.8 Å². The van der Waals surface area contributed by atoms with Gasteiger partial charge in [-0.3, -0.25) is 4.79 Å². The second kappa shape index (κ2) is 7.89. The number of amides is 1. The standard InChI is InChI=1S/C15H20ClNO5/c1-8(2)7-21-13-11(16)5-10(6-12(13)20-4)15(19)22-9(3)14(17)18/h5-6,8-9H,7H2,1-4H3,(H2,17,18)/t9-/m1/s1. The Morgan fingerprint density at radius 2 is 1.91 bits per heavy atom. The highest BCUT2D eigenvalue weighted by atomic mass is 35.5. The number of hydrogen-bond donors (Lipinski definition) is 1. The molecule has 1 rings (SSSR count). The Balaban J connectivity index is 3.02. The molecule has 0 heterocycles. The first-order valence-electron chi connectivity index (χ1n) is 6.76. The quantitative estimate of drug-likeness (QED) is 0.776. The van der Waals surface area contributed by atoms with Crippen LogP contribution in [-0.2, 0) is 9.53 Å². The molecule has 1 aromatic carbocycles. The zero-order valence-electron chi connectivity index (χ0n) is 13.0. The van der Waals surface area contributed by atoms with E-state index in [4.69, 9.17) is 31.5 Å². The molecule has 1 atom stereocenters. The van der Waals surface area contributed by atoms with Gasteiger partial charge in [0.05, 0.1) is 24.3 Å². The largest absolute Gasteiger partial charge is 0.493 e. The van der Waals surface area contributed by atoms with Crippen LogP contribution in [-0.4, -0.2) is 31.7 Å². The molecule has 0 aliphatic heterocycles. The summed E-state index contributed by atoms with van der Waals surface area (Å²) in [5, 5.41) is 0.221. The number of primary amides is 1. The van der Waals surface area contributed by atoms with Gasteiger partial charge < -0.3 is 19.9 Å². The van der Waals surface area contributed by atoms with Gasteiger partial charge in [-0.05, 0) is 25.0 Å². The van der Waals surface area contributed by atoms with E-state index in [1.807, 2.05) is 13.8 Å². The highest BCUT2D eigenvalue weighted by Gasteiger charge is 2.20. The number of nitrogens with two attached hydrogens (primary N) is 1. The van der Waals surface area contributed by atoms with E-state index in [0.29, 0.717) is 24.0 Å². The number of rotatable bonds is 7. The molecule has 0 fully saturated rings. The fraction of sp³-hybridized carbons (Fsp3) is 0.467. The van der Waals surface area contributed by atoms with Gasteiger partial charge in [-0.1, -0.05) is 25.4 Å². The first-order valence-corrected chi connectivity index (χ1v) is 7.14. The lowest BCUT2D eigenvalue weighted by Gasteiger charge is -2.16. The molecule has 0 spiro atoms. The minimum Gasteiger partial charge on any atom is -0.493 e. The molecule has 0 saturated carbocycles. The molecule has 0 unspecified atom stereocenters. The molecule has 0 saturated heterocycles. The molecule has 7 heteroatoms. The first-order chi connectivity index (χ1) is 10.3. The van der Waals surface area contributed by atoms with E-state index in [0.717, 1.165) is 0 Å². The highest BCUT2D eigenvalue weighted by molar-refractivity contribution is 6.32. The van der Waals surface area contributed by atoms with Crippen LogP contribution in [0.1, 0.15) is 31.1 Å². The summed E-state index contributed by atoms with van der Waals surface area (Å²) in [5.74, 6) is -0.476. The second-order valence-electron chi connectivity index (χ2n) is 5.14. The van der Waals surface area contributed by atoms with E-state index < -0.39 is 18.0 Å². The van der Waals surface area contributed by atoms with Gasteiger partial charge in [-0.15, -0.1) is 0 Å². The van der Waals surface area contributed by atoms with Crippen LogP contribution in [0.25, 0.3) is 0 Å². The van der Waals surface area contributed by atoms with E-state index in [-0.39, 0.29) is 10.6 Å². The summed E-state index contributed by atoms with van der Waals surface area (Å²) in [6, 6.07) is 2.84. The molecule has 1 aromatic rings. The molecule has 0 radical (unpaired) electrons. The molecule has 0 aromatic heterocycles. The monoisotopic (exact) mass is 329 g/mol. The van der Waals surface area contributed by atoms with Crippen LogP contribution in [0.2, 0.25) is 5.02 Å². The van der Waals surface area contributed by atoms with Crippen molar-refractivity contribution in [3.05, 3.63) is 22.7 Å². The van der Waals surface area contributed by atoms with Crippen LogP contribution in [0.5, 0.6) is 11.5 Å². The third-order valence-electron chi connectivity index (χ3n) is 2.71. The van der Waals surface area contributed by atoms with Crippen molar-refractivity contribution in [1.29, 1.82) is 0 Å². The summed E-state index contributed by atoms with van der Waals surface area (Å²) in [6.45, 7) is 5.84. The van der Waals surface area contributed by atoms with Gasteiger partial charge >= 0.3 is 5.97 Å². The Morgan fingerprint density at radius 3 is 2.41 bits per heavy atom. The van der Waals surface area contributed by atoms with Gasteiger partial charge in [-0.25, -0.2) is 4.79 Å². The van der Waals surface area contributed by atoms with E-state index in [9.17, 15) is 9.59 Å². The number of carbonyl (C=O) groups is 2. The molecule has 2 N–H and O–H groups in total. The third kappa shape index (κ3) is 4.80. The maximum Gasteiger partial charge on any atom is 0.339 e. The summed E-state index contributed by atoms with van der Waals surface area (Å²) in [5.41, 5.74) is 5.20. The zero-order chi connectivity index (χ0) is 16.9. The van der Waals surface area contributed by atoms with Crippen molar-refractivity contribution in [1.82, 2.24) is 0 Å². The van der Waals surface area contributed by atoms with E-state index in [1.165, 1.54) is 26.2 Å². The Labute approximate surface area is 134 Å². The van der Waals surface area contributed by atoms with Gasteiger partial charge in [0.25, 0.3) is 5.91 Å². The predicted molar refractivity (Wildman–Crippen MR) is 82.4 cm³/mol. The number of carbonyl (C=O) groups excluding carboxylic acids is 2. The van der Waals surface area contributed by atoms with Crippen molar-refractivity contribution in [2.24, 2.45) is 11.7 Å². The molecule has 0 aliphatic rings. The van der Waals surface area contributed by atoms with Crippen molar-refractivity contribution in [3.8, 4) is 11.5 Å². The Hall–Kier alpha value is -1.95. The van der Waals surface area contributed by atoms with Crippen LogP contribution in [0.3, 0.4) is 0 Å². The van der Waals surface area contributed by atoms with Crippen LogP contribution < -0.4 is 15.2 Å². The van der Waals surface area contributed by atoms with Crippen molar-refractivity contribution in [2.75, 3.05) is 13.7 Å². The molecule has 1 amide bonds. The molecule has 0 aliphatic carbocycles. The van der Waals surface area contributed by atoms with Crippen molar-refractivity contribution >= 4 is 23.5 Å². The van der Waals surface area contributed by atoms with Crippen molar-refractivity contribution in [2.45, 2.75) is 26.9 Å². The summed E-state index contributed by atoms with van der Waals surface area (Å²) in [6.07, 6.45) is -1.03. The topological polar surface area (TPSA) is 87.9 Å². The Bertz CT molecular complexity index is 559. The number of ether oxygens (including phenoxy) is 3. The number of methoxy groups -OCH3 is 1. The third-order valence-corrected chi connectivity index (χ3v) is 2.99. The normalized spacial score (nSPS) is 11.9. The van der Waals surface area contributed by atoms with Crippen LogP contribution in [0, 0.1) is 5.92 Å². The Morgan fingerprint density at radius 1 is 1.27 bits per heavy atom. The maximum atomic E-state index is 12.0. The fourth-order valence-corrected chi connectivity index (χ4v) is 1.78. The van der Waals surface area contributed by atoms with Crippen LogP contribution in [0.4, 0.5) is 0 Å². The van der Waals surface area contributed by atoms with Gasteiger partial charge in [0.2, 0.25) is 0 Å². The zero-order valence-corrected chi connectivity index (χ0v) is 13.8. The van der Waals surface area contributed by atoms with Gasteiger partial charge in [0.1, 0.15) is 0 Å². The van der Waals surface area contributed by atoms with E-state index >= 15 is 0 Å². The van der Waals surface area contributed by atoms with E-state index in [1.54, 1.807) is 0 Å². The van der Waals surface area contributed by atoms with Crippen molar-refractivity contribution in [3.63, 3.8) is 0 Å². The number of hydrogen-bond acceptors (Lipinski definition) is 5. The number of halogens is 1. The van der Waals surface area contributed by atoms with Crippen LogP contribution >= 0.6 is 11.6 Å². The average molecular weight is 330 g/mol. The predicted octanol–water partition coefficient (Wildman–Crippen LogP) is 2.41. The van der Waals surface area contributed by atoms with Gasteiger partial charge in [-0.2, -0.15) is 0 Å². The number of esters is 1. The summed E-state index contributed by atoms with van der Waals surface area (Å²) in [4.78, 5) is 22.9. The number of benzene rings is 1. The molecule has 0 bridgehead atoms. The smallest absolute Gasteiger partial charge is 0.339 e. The molecule has 122 valence electrons. The van der Waals surface area contributed by atoms with Gasteiger partial charge in [0.15, 0.2) is 17.6 Å². The second-order valence-corrected chi connectivity index (χ2v) is 5.55. The molecular formula is C15H20ClNO5. The summed E-state index contributed by atoms with van der Waals surface area (Å²) in [7, 11) is 1.44. The van der Waals surface area contributed by atoms with E-state index in [2.05, 4.69) is 0 Å². The molecule has 6 nitrogen and oxygen atoms in total. The first kappa shape index (κ1) is 18.1. The lowest BCUT2D eigenvalue weighted by Crippen LogP contribution is -2.30.